The first-order chi connectivity index (χ1) is 19.3. The lowest BCUT2D eigenvalue weighted by molar-refractivity contribution is -0.112. The van der Waals surface area contributed by atoms with Gasteiger partial charge in [-0.25, -0.2) is 8.78 Å². The lowest BCUT2D eigenvalue weighted by Crippen LogP contribution is -2.09. The Bertz CT molecular complexity index is 1440. The van der Waals surface area contributed by atoms with Crippen LogP contribution in [-0.4, -0.2) is 26.0 Å². The standard InChI is InChI=1S/C32H26F2N2O4/c1-39-29-19-23(9-15-27(29)35-31(37)17-7-21-3-11-25(33)12-4-21)24-10-16-28(30(20-24)40-2)36-32(38)18-8-22-5-13-26(34)14-6-22/h3-20H,1-2H3,(H,35,37)(H,36,38). The second-order valence-electron chi connectivity index (χ2n) is 8.58. The Morgan fingerprint density at radius 3 is 1.32 bits per heavy atom. The summed E-state index contributed by atoms with van der Waals surface area (Å²) in [5.41, 5.74) is 3.92. The SMILES string of the molecule is COc1cc(-c2ccc(NC(=O)C=Cc3ccc(F)cc3)c(OC)c2)ccc1NC(=O)C=Cc1ccc(F)cc1. The molecule has 0 radical (unpaired) electrons. The summed E-state index contributed by atoms with van der Waals surface area (Å²) in [6.07, 6.45) is 5.88. The van der Waals surface area contributed by atoms with E-state index in [4.69, 9.17) is 9.47 Å². The molecule has 0 unspecified atom stereocenters. The van der Waals surface area contributed by atoms with Gasteiger partial charge in [-0.1, -0.05) is 36.4 Å². The Kier molecular flexibility index (Phi) is 9.04. The van der Waals surface area contributed by atoms with Gasteiger partial charge in [-0.05, 0) is 82.9 Å². The molecule has 0 bridgehead atoms. The summed E-state index contributed by atoms with van der Waals surface area (Å²) in [5, 5.41) is 5.56. The molecule has 0 aliphatic heterocycles. The van der Waals surface area contributed by atoms with Crippen LogP contribution in [0.25, 0.3) is 23.3 Å². The van der Waals surface area contributed by atoms with E-state index in [1.807, 2.05) is 12.1 Å². The Morgan fingerprint density at radius 1 is 0.600 bits per heavy atom. The molecule has 2 N–H and O–H groups in total. The van der Waals surface area contributed by atoms with E-state index in [-0.39, 0.29) is 23.4 Å². The van der Waals surface area contributed by atoms with Crippen molar-refractivity contribution in [3.05, 3.63) is 120 Å². The van der Waals surface area contributed by atoms with Crippen molar-refractivity contribution in [1.82, 2.24) is 0 Å². The van der Waals surface area contributed by atoms with Gasteiger partial charge in [0, 0.05) is 12.2 Å². The maximum atomic E-state index is 13.1. The molecule has 8 heteroatoms. The van der Waals surface area contributed by atoms with Crippen LogP contribution in [0.1, 0.15) is 11.1 Å². The van der Waals surface area contributed by atoms with Gasteiger partial charge >= 0.3 is 0 Å². The molecule has 0 atom stereocenters. The molecule has 0 saturated heterocycles. The van der Waals surface area contributed by atoms with Gasteiger partial charge in [-0.15, -0.1) is 0 Å². The molecule has 4 aromatic rings. The molecule has 40 heavy (non-hydrogen) atoms. The van der Waals surface area contributed by atoms with Crippen LogP contribution in [-0.2, 0) is 9.59 Å². The third-order valence-corrected chi connectivity index (χ3v) is 5.85. The Labute approximate surface area is 230 Å². The summed E-state index contributed by atoms with van der Waals surface area (Å²) >= 11 is 0. The summed E-state index contributed by atoms with van der Waals surface area (Å²) in [6, 6.07) is 22.2. The summed E-state index contributed by atoms with van der Waals surface area (Å²) in [7, 11) is 3.00. The van der Waals surface area contributed by atoms with Crippen molar-refractivity contribution in [3.8, 4) is 22.6 Å². The summed E-state index contributed by atoms with van der Waals surface area (Å²) in [6.45, 7) is 0. The van der Waals surface area contributed by atoms with Crippen LogP contribution in [0.4, 0.5) is 20.2 Å². The zero-order valence-electron chi connectivity index (χ0n) is 21.8. The molecule has 4 rings (SSSR count). The van der Waals surface area contributed by atoms with Crippen molar-refractivity contribution in [2.24, 2.45) is 0 Å². The number of nitrogens with one attached hydrogen (secondary N) is 2. The third-order valence-electron chi connectivity index (χ3n) is 5.85. The monoisotopic (exact) mass is 540 g/mol. The number of halogens is 2. The second kappa shape index (κ2) is 13.0. The topological polar surface area (TPSA) is 76.7 Å². The number of carbonyl (C=O) groups excluding carboxylic acids is 2. The molecule has 0 aliphatic carbocycles. The van der Waals surface area contributed by atoms with Crippen LogP contribution in [0.3, 0.4) is 0 Å². The molecule has 202 valence electrons. The van der Waals surface area contributed by atoms with E-state index >= 15 is 0 Å². The fourth-order valence-electron chi connectivity index (χ4n) is 3.79. The highest BCUT2D eigenvalue weighted by Gasteiger charge is 2.12. The normalized spacial score (nSPS) is 11.0. The molecule has 0 aromatic heterocycles. The largest absolute Gasteiger partial charge is 0.495 e. The number of carbonyl (C=O) groups is 2. The van der Waals surface area contributed by atoms with Crippen molar-refractivity contribution in [3.63, 3.8) is 0 Å². The number of hydrogen-bond acceptors (Lipinski definition) is 4. The quantitative estimate of drug-likeness (QED) is 0.225. The van der Waals surface area contributed by atoms with E-state index in [1.165, 1.54) is 50.6 Å². The van der Waals surface area contributed by atoms with Gasteiger partial charge in [0.15, 0.2) is 0 Å². The van der Waals surface area contributed by atoms with E-state index in [1.54, 1.807) is 60.7 Å². The molecular formula is C32H26F2N2O4. The number of hydrogen-bond donors (Lipinski definition) is 2. The molecular weight excluding hydrogens is 514 g/mol. The van der Waals surface area contributed by atoms with Crippen LogP contribution >= 0.6 is 0 Å². The summed E-state index contributed by atoms with van der Waals surface area (Å²) < 4.78 is 37.1. The first-order valence-corrected chi connectivity index (χ1v) is 12.2. The zero-order chi connectivity index (χ0) is 28.5. The lowest BCUT2D eigenvalue weighted by Gasteiger charge is -2.14. The summed E-state index contributed by atoms with van der Waals surface area (Å²) in [4.78, 5) is 24.9. The van der Waals surface area contributed by atoms with E-state index in [2.05, 4.69) is 10.6 Å². The highest BCUT2D eigenvalue weighted by Crippen LogP contribution is 2.35. The number of ether oxygens (including phenoxy) is 2. The van der Waals surface area contributed by atoms with Crippen molar-refractivity contribution >= 4 is 35.3 Å². The first kappa shape index (κ1) is 27.8. The maximum Gasteiger partial charge on any atom is 0.248 e. The minimum absolute atomic E-state index is 0.348. The first-order valence-electron chi connectivity index (χ1n) is 12.2. The van der Waals surface area contributed by atoms with Crippen LogP contribution in [0.5, 0.6) is 11.5 Å². The highest BCUT2D eigenvalue weighted by atomic mass is 19.1. The van der Waals surface area contributed by atoms with Crippen molar-refractivity contribution in [2.75, 3.05) is 24.9 Å². The van der Waals surface area contributed by atoms with Gasteiger partial charge < -0.3 is 20.1 Å². The van der Waals surface area contributed by atoms with Gasteiger partial charge in [-0.3, -0.25) is 9.59 Å². The van der Waals surface area contributed by atoms with Gasteiger partial charge in [0.05, 0.1) is 25.6 Å². The predicted octanol–water partition coefficient (Wildman–Crippen LogP) is 6.95. The molecule has 2 amide bonds. The Hall–Kier alpha value is -5.24. The van der Waals surface area contributed by atoms with Gasteiger partial charge in [0.1, 0.15) is 23.1 Å². The van der Waals surface area contributed by atoms with E-state index in [9.17, 15) is 18.4 Å². The number of anilines is 2. The molecule has 6 nitrogen and oxygen atoms in total. The number of rotatable bonds is 9. The molecule has 0 aliphatic rings. The fraction of sp³-hybridized carbons (Fsp3) is 0.0625. The van der Waals surface area contributed by atoms with Crippen molar-refractivity contribution in [2.45, 2.75) is 0 Å². The van der Waals surface area contributed by atoms with E-state index in [0.717, 1.165) is 11.1 Å². The van der Waals surface area contributed by atoms with Crippen LogP contribution in [0, 0.1) is 11.6 Å². The average Bonchev–Trinajstić information content (AvgIpc) is 2.97. The Balaban J connectivity index is 1.45. The van der Waals surface area contributed by atoms with Gasteiger partial charge in [0.2, 0.25) is 11.8 Å². The second-order valence-corrected chi connectivity index (χ2v) is 8.58. The van der Waals surface area contributed by atoms with Crippen molar-refractivity contribution < 1.29 is 27.8 Å². The Morgan fingerprint density at radius 2 is 0.975 bits per heavy atom. The fourth-order valence-corrected chi connectivity index (χ4v) is 3.79. The number of benzene rings is 4. The number of methoxy groups -OCH3 is 2. The molecule has 0 spiro atoms. The molecule has 0 heterocycles. The minimum atomic E-state index is -0.370. The lowest BCUT2D eigenvalue weighted by atomic mass is 10.0. The van der Waals surface area contributed by atoms with E-state index < -0.39 is 0 Å². The van der Waals surface area contributed by atoms with Crippen LogP contribution < -0.4 is 20.1 Å². The average molecular weight is 541 g/mol. The minimum Gasteiger partial charge on any atom is -0.495 e. The predicted molar refractivity (Wildman–Crippen MR) is 153 cm³/mol. The third kappa shape index (κ3) is 7.41. The molecule has 0 fully saturated rings. The molecule has 4 aromatic carbocycles. The maximum absolute atomic E-state index is 13.1. The van der Waals surface area contributed by atoms with Gasteiger partial charge in [0.25, 0.3) is 0 Å². The van der Waals surface area contributed by atoms with Gasteiger partial charge in [-0.2, -0.15) is 0 Å². The van der Waals surface area contributed by atoms with Crippen LogP contribution in [0.2, 0.25) is 0 Å². The van der Waals surface area contributed by atoms with E-state index in [0.29, 0.717) is 34.0 Å². The van der Waals surface area contributed by atoms with Crippen LogP contribution in [0.15, 0.2) is 97.1 Å². The van der Waals surface area contributed by atoms with Crippen molar-refractivity contribution in [1.29, 1.82) is 0 Å². The molecule has 0 saturated carbocycles. The number of amides is 2. The zero-order valence-corrected chi connectivity index (χ0v) is 21.8. The highest BCUT2D eigenvalue weighted by molar-refractivity contribution is 6.04. The smallest absolute Gasteiger partial charge is 0.248 e. The summed E-state index contributed by atoms with van der Waals surface area (Å²) in [5.74, 6) is -0.541.